The van der Waals surface area contributed by atoms with Crippen molar-refractivity contribution in [3.8, 4) is 11.8 Å². The molecular weight excluding hydrogens is 204 g/mol. The van der Waals surface area contributed by atoms with Crippen molar-refractivity contribution in [1.82, 2.24) is 9.97 Å². The van der Waals surface area contributed by atoms with E-state index in [1.165, 1.54) is 26.0 Å². The van der Waals surface area contributed by atoms with Crippen LogP contribution < -0.4 is 9.47 Å². The first-order valence-corrected chi connectivity index (χ1v) is 4.99. The lowest BCUT2D eigenvalue weighted by atomic mass is 10.6. The summed E-state index contributed by atoms with van der Waals surface area (Å²) in [6, 6.07) is 1.60. The van der Waals surface area contributed by atoms with Gasteiger partial charge in [0.2, 0.25) is 11.8 Å². The molecule has 0 aliphatic carbocycles. The maximum Gasteiger partial charge on any atom is 0.220 e. The van der Waals surface area contributed by atoms with Crippen LogP contribution in [0.15, 0.2) is 11.2 Å². The van der Waals surface area contributed by atoms with Crippen LogP contribution in [0.4, 0.5) is 0 Å². The van der Waals surface area contributed by atoms with E-state index in [0.717, 1.165) is 0 Å². The Balaban J connectivity index is 2.81. The van der Waals surface area contributed by atoms with E-state index in [0.29, 0.717) is 22.7 Å². The van der Waals surface area contributed by atoms with Crippen LogP contribution in [-0.4, -0.2) is 41.7 Å². The van der Waals surface area contributed by atoms with Gasteiger partial charge in [0.05, 0.1) is 26.9 Å². The third-order valence-corrected chi connectivity index (χ3v) is 2.23. The lowest BCUT2D eigenvalue weighted by Crippen LogP contribution is -1.97. The lowest BCUT2D eigenvalue weighted by molar-refractivity contribution is 0.322. The zero-order valence-corrected chi connectivity index (χ0v) is 8.87. The highest BCUT2D eigenvalue weighted by Crippen LogP contribution is 2.20. The van der Waals surface area contributed by atoms with Crippen LogP contribution in [0.5, 0.6) is 11.8 Å². The Labute approximate surface area is 86.5 Å². The number of aliphatic hydroxyl groups is 1. The van der Waals surface area contributed by atoms with Crippen LogP contribution in [0, 0.1) is 0 Å². The number of rotatable bonds is 5. The Morgan fingerprint density at radius 3 is 2.29 bits per heavy atom. The van der Waals surface area contributed by atoms with Crippen LogP contribution in [0.3, 0.4) is 0 Å². The molecule has 6 heteroatoms. The highest BCUT2D eigenvalue weighted by atomic mass is 32.2. The second-order valence-electron chi connectivity index (χ2n) is 2.31. The van der Waals surface area contributed by atoms with E-state index in [1.807, 2.05) is 0 Å². The molecule has 0 amide bonds. The molecule has 0 radical (unpaired) electrons. The average molecular weight is 216 g/mol. The topological polar surface area (TPSA) is 64.5 Å². The van der Waals surface area contributed by atoms with Crippen molar-refractivity contribution in [3.05, 3.63) is 6.07 Å². The number of thioether (sulfide) groups is 1. The van der Waals surface area contributed by atoms with Gasteiger partial charge in [0.1, 0.15) is 0 Å². The molecule has 0 aromatic carbocycles. The molecule has 0 saturated heterocycles. The summed E-state index contributed by atoms with van der Waals surface area (Å²) < 4.78 is 9.94. The third kappa shape index (κ3) is 3.04. The predicted octanol–water partition coefficient (Wildman–Crippen LogP) is 0.578. The van der Waals surface area contributed by atoms with E-state index < -0.39 is 0 Å². The summed E-state index contributed by atoms with van der Waals surface area (Å²) in [5, 5.41) is 9.18. The van der Waals surface area contributed by atoms with E-state index in [1.54, 1.807) is 6.07 Å². The van der Waals surface area contributed by atoms with Gasteiger partial charge in [0.15, 0.2) is 5.16 Å². The number of aliphatic hydroxyl groups excluding tert-OH is 1. The van der Waals surface area contributed by atoms with E-state index in [2.05, 4.69) is 9.97 Å². The molecule has 1 rings (SSSR count). The molecule has 1 N–H and O–H groups in total. The van der Waals surface area contributed by atoms with Gasteiger partial charge in [-0.05, 0) is 0 Å². The zero-order valence-electron chi connectivity index (χ0n) is 8.06. The summed E-state index contributed by atoms with van der Waals surface area (Å²) in [4.78, 5) is 8.15. The molecule has 1 heterocycles. The Hall–Kier alpha value is -1.01. The van der Waals surface area contributed by atoms with Gasteiger partial charge in [0, 0.05) is 5.75 Å². The predicted molar refractivity (Wildman–Crippen MR) is 52.9 cm³/mol. The summed E-state index contributed by atoms with van der Waals surface area (Å²) in [6.45, 7) is 0.0908. The van der Waals surface area contributed by atoms with Crippen LogP contribution in [0.25, 0.3) is 0 Å². The minimum Gasteiger partial charge on any atom is -0.481 e. The van der Waals surface area contributed by atoms with Crippen LogP contribution >= 0.6 is 11.8 Å². The molecule has 0 atom stereocenters. The number of ether oxygens (including phenoxy) is 2. The smallest absolute Gasteiger partial charge is 0.220 e. The molecule has 14 heavy (non-hydrogen) atoms. The Bertz CT molecular complexity index is 274. The number of hydrogen-bond acceptors (Lipinski definition) is 6. The van der Waals surface area contributed by atoms with Crippen molar-refractivity contribution in [3.63, 3.8) is 0 Å². The van der Waals surface area contributed by atoms with Gasteiger partial charge in [-0.1, -0.05) is 11.8 Å². The van der Waals surface area contributed by atoms with Crippen molar-refractivity contribution >= 4 is 11.8 Å². The van der Waals surface area contributed by atoms with Crippen molar-refractivity contribution in [2.45, 2.75) is 5.16 Å². The maximum absolute atomic E-state index is 8.64. The monoisotopic (exact) mass is 216 g/mol. The third-order valence-electron chi connectivity index (χ3n) is 1.40. The first-order valence-electron chi connectivity index (χ1n) is 4.01. The van der Waals surface area contributed by atoms with Crippen LogP contribution in [-0.2, 0) is 0 Å². The highest BCUT2D eigenvalue weighted by molar-refractivity contribution is 7.99. The molecular formula is C8H12N2O3S. The minimum atomic E-state index is 0.0908. The van der Waals surface area contributed by atoms with Gasteiger partial charge < -0.3 is 14.6 Å². The fourth-order valence-electron chi connectivity index (χ4n) is 0.794. The molecule has 1 aromatic heterocycles. The van der Waals surface area contributed by atoms with E-state index >= 15 is 0 Å². The molecule has 1 aromatic rings. The summed E-state index contributed by atoms with van der Waals surface area (Å²) in [6.07, 6.45) is 0. The molecule has 0 bridgehead atoms. The molecule has 0 fully saturated rings. The number of methoxy groups -OCH3 is 2. The van der Waals surface area contributed by atoms with Crippen molar-refractivity contribution in [2.75, 3.05) is 26.6 Å². The first-order chi connectivity index (χ1) is 6.80. The summed E-state index contributed by atoms with van der Waals surface area (Å²) >= 11 is 1.35. The van der Waals surface area contributed by atoms with Crippen molar-refractivity contribution in [2.24, 2.45) is 0 Å². The second-order valence-corrected chi connectivity index (χ2v) is 3.37. The normalized spacial score (nSPS) is 9.93. The summed E-state index contributed by atoms with van der Waals surface area (Å²) in [7, 11) is 3.06. The standard InChI is InChI=1S/C8H12N2O3S/c1-12-6-5-7(13-2)10-8(9-6)14-4-3-11/h5,11H,3-4H2,1-2H3. The first kappa shape index (κ1) is 11.1. The van der Waals surface area contributed by atoms with Gasteiger partial charge in [-0.3, -0.25) is 0 Å². The highest BCUT2D eigenvalue weighted by Gasteiger charge is 2.04. The van der Waals surface area contributed by atoms with E-state index in [-0.39, 0.29) is 6.61 Å². The van der Waals surface area contributed by atoms with Crippen LogP contribution in [0.2, 0.25) is 0 Å². The quantitative estimate of drug-likeness (QED) is 0.573. The maximum atomic E-state index is 8.64. The van der Waals surface area contributed by atoms with Crippen LogP contribution in [0.1, 0.15) is 0 Å². The lowest BCUT2D eigenvalue weighted by Gasteiger charge is -2.04. The van der Waals surface area contributed by atoms with Gasteiger partial charge in [-0.15, -0.1) is 0 Å². The largest absolute Gasteiger partial charge is 0.481 e. The minimum absolute atomic E-state index is 0.0908. The summed E-state index contributed by atoms with van der Waals surface area (Å²) in [5.41, 5.74) is 0. The average Bonchev–Trinajstić information content (AvgIpc) is 2.25. The molecule has 5 nitrogen and oxygen atoms in total. The molecule has 0 aliphatic rings. The fourth-order valence-corrected chi connectivity index (χ4v) is 1.38. The van der Waals surface area contributed by atoms with Crippen molar-refractivity contribution in [1.29, 1.82) is 0 Å². The number of aromatic nitrogens is 2. The fraction of sp³-hybridized carbons (Fsp3) is 0.500. The van der Waals surface area contributed by atoms with Gasteiger partial charge in [0.25, 0.3) is 0 Å². The molecule has 0 saturated carbocycles. The summed E-state index contributed by atoms with van der Waals surface area (Å²) in [5.74, 6) is 1.46. The van der Waals surface area contributed by atoms with Crippen molar-refractivity contribution < 1.29 is 14.6 Å². The molecule has 0 aliphatic heterocycles. The Morgan fingerprint density at radius 2 is 1.86 bits per heavy atom. The van der Waals surface area contributed by atoms with Gasteiger partial charge >= 0.3 is 0 Å². The SMILES string of the molecule is COc1cc(OC)nc(SCCO)n1. The van der Waals surface area contributed by atoms with Gasteiger partial charge in [-0.25, -0.2) is 0 Å². The zero-order chi connectivity index (χ0) is 10.4. The second kappa shape index (κ2) is 5.66. The van der Waals surface area contributed by atoms with Gasteiger partial charge in [-0.2, -0.15) is 9.97 Å². The Morgan fingerprint density at radius 1 is 1.29 bits per heavy atom. The van der Waals surface area contributed by atoms with E-state index in [4.69, 9.17) is 14.6 Å². The number of hydrogen-bond donors (Lipinski definition) is 1. The molecule has 0 spiro atoms. The number of nitrogens with zero attached hydrogens (tertiary/aromatic N) is 2. The molecule has 0 unspecified atom stereocenters. The molecule has 78 valence electrons. The Kier molecular flexibility index (Phi) is 4.48. The van der Waals surface area contributed by atoms with E-state index in [9.17, 15) is 0 Å².